The van der Waals surface area contributed by atoms with Crippen molar-refractivity contribution in [1.82, 2.24) is 9.88 Å². The molecule has 7 heteroatoms. The molecule has 0 aliphatic carbocycles. The van der Waals surface area contributed by atoms with Crippen LogP contribution in [0.25, 0.3) is 11.1 Å². The van der Waals surface area contributed by atoms with Crippen molar-refractivity contribution in [2.75, 3.05) is 20.2 Å². The first kappa shape index (κ1) is 18.0. The fraction of sp³-hybridized carbons (Fsp3) is 0.286. The molecule has 1 N–H and O–H groups in total. The number of para-hydroxylation sites is 1. The Hall–Kier alpha value is -3.35. The smallest absolute Gasteiger partial charge is 0.417 e. The first-order valence-corrected chi connectivity index (χ1v) is 9.16. The molecule has 0 radical (unpaired) electrons. The van der Waals surface area contributed by atoms with Crippen molar-refractivity contribution in [2.45, 2.75) is 12.8 Å². The zero-order valence-corrected chi connectivity index (χ0v) is 15.4. The van der Waals surface area contributed by atoms with Gasteiger partial charge in [-0.2, -0.15) is 0 Å². The molecule has 1 amide bonds. The van der Waals surface area contributed by atoms with E-state index in [9.17, 15) is 14.4 Å². The lowest BCUT2D eigenvalue weighted by molar-refractivity contribution is 0.0647. The molecule has 0 unspecified atom stereocenters. The minimum atomic E-state index is -0.539. The molecule has 1 saturated heterocycles. The number of carbonyl (C=O) groups excluding carboxylic acids is 2. The Labute approximate surface area is 160 Å². The molecule has 3 aromatic rings. The van der Waals surface area contributed by atoms with Crippen LogP contribution in [-0.4, -0.2) is 41.8 Å². The molecule has 4 rings (SSSR count). The van der Waals surface area contributed by atoms with Crippen molar-refractivity contribution < 1.29 is 18.7 Å². The maximum Gasteiger partial charge on any atom is 0.417 e. The summed E-state index contributed by atoms with van der Waals surface area (Å²) in [7, 11) is 1.54. The number of hydrogen-bond acceptors (Lipinski definition) is 5. The second-order valence-corrected chi connectivity index (χ2v) is 6.86. The number of rotatable bonds is 4. The zero-order valence-electron chi connectivity index (χ0n) is 15.4. The van der Waals surface area contributed by atoms with Gasteiger partial charge in [0.15, 0.2) is 11.4 Å². The number of Topliss-reactive ketones (excluding diaryl/α,β-unsaturated/α-hetero) is 1. The van der Waals surface area contributed by atoms with E-state index in [2.05, 4.69) is 4.98 Å². The normalized spacial score (nSPS) is 15.0. The van der Waals surface area contributed by atoms with Crippen molar-refractivity contribution in [2.24, 2.45) is 5.92 Å². The molecule has 2 aromatic carbocycles. The Bertz CT molecular complexity index is 1090. The first-order valence-electron chi connectivity index (χ1n) is 9.16. The minimum absolute atomic E-state index is 0.00939. The lowest BCUT2D eigenvalue weighted by atomic mass is 9.88. The number of carbonyl (C=O) groups is 2. The summed E-state index contributed by atoms with van der Waals surface area (Å²) in [5.41, 5.74) is 1.99. The third-order valence-electron chi connectivity index (χ3n) is 5.20. The molecule has 28 heavy (non-hydrogen) atoms. The number of amides is 1. The highest BCUT2D eigenvalue weighted by atomic mass is 16.5. The predicted octanol–water partition coefficient (Wildman–Crippen LogP) is 2.86. The SMILES string of the molecule is COc1ccccc1C(=O)N1CCC(C(=O)c2ccc3[nH]c(=O)oc3c2)CC1. The summed E-state index contributed by atoms with van der Waals surface area (Å²) in [4.78, 5) is 41.2. The van der Waals surface area contributed by atoms with Crippen molar-refractivity contribution >= 4 is 22.8 Å². The first-order chi connectivity index (χ1) is 13.6. The predicted molar refractivity (Wildman–Crippen MR) is 103 cm³/mol. The Balaban J connectivity index is 1.45. The number of piperidine rings is 1. The number of fused-ring (bicyclic) bond motifs is 1. The van der Waals surface area contributed by atoms with Gasteiger partial charge in [0, 0.05) is 24.6 Å². The average Bonchev–Trinajstić information content (AvgIpc) is 3.12. The van der Waals surface area contributed by atoms with Gasteiger partial charge in [0.25, 0.3) is 5.91 Å². The Kier molecular flexibility index (Phi) is 4.73. The van der Waals surface area contributed by atoms with E-state index in [1.54, 1.807) is 42.3 Å². The van der Waals surface area contributed by atoms with Gasteiger partial charge in [-0.1, -0.05) is 12.1 Å². The highest BCUT2D eigenvalue weighted by Gasteiger charge is 2.29. The monoisotopic (exact) mass is 380 g/mol. The highest BCUT2D eigenvalue weighted by molar-refractivity contribution is 6.00. The fourth-order valence-corrected chi connectivity index (χ4v) is 3.67. The molecule has 7 nitrogen and oxygen atoms in total. The van der Waals surface area contributed by atoms with Gasteiger partial charge in [-0.05, 0) is 43.2 Å². The number of H-pyrrole nitrogens is 1. The van der Waals surface area contributed by atoms with Crippen LogP contribution in [0.15, 0.2) is 51.7 Å². The second-order valence-electron chi connectivity index (χ2n) is 6.86. The summed E-state index contributed by atoms with van der Waals surface area (Å²) in [5, 5.41) is 0. The molecule has 1 fully saturated rings. The molecule has 1 aliphatic heterocycles. The number of hydrogen-bond donors (Lipinski definition) is 1. The van der Waals surface area contributed by atoms with Crippen LogP contribution < -0.4 is 10.5 Å². The molecule has 144 valence electrons. The van der Waals surface area contributed by atoms with Gasteiger partial charge in [0.05, 0.1) is 18.2 Å². The van der Waals surface area contributed by atoms with E-state index in [-0.39, 0.29) is 17.6 Å². The molecule has 0 bridgehead atoms. The van der Waals surface area contributed by atoms with Crippen LogP contribution in [0, 0.1) is 5.92 Å². The zero-order chi connectivity index (χ0) is 19.7. The van der Waals surface area contributed by atoms with Gasteiger partial charge in [0.1, 0.15) is 5.75 Å². The van der Waals surface area contributed by atoms with E-state index in [1.807, 2.05) is 12.1 Å². The maximum absolute atomic E-state index is 12.8. The van der Waals surface area contributed by atoms with Crippen LogP contribution in [0.1, 0.15) is 33.6 Å². The van der Waals surface area contributed by atoms with Crippen molar-refractivity contribution in [3.05, 3.63) is 64.1 Å². The molecule has 1 aliphatic rings. The van der Waals surface area contributed by atoms with Gasteiger partial charge in [-0.25, -0.2) is 4.79 Å². The van der Waals surface area contributed by atoms with Crippen molar-refractivity contribution in [3.63, 3.8) is 0 Å². The summed E-state index contributed by atoms with van der Waals surface area (Å²) in [6.07, 6.45) is 1.18. The van der Waals surface area contributed by atoms with Gasteiger partial charge < -0.3 is 14.1 Å². The Morgan fingerprint density at radius 3 is 2.64 bits per heavy atom. The van der Waals surface area contributed by atoms with Crippen LogP contribution in [-0.2, 0) is 0 Å². The number of ketones is 1. The minimum Gasteiger partial charge on any atom is -0.496 e. The van der Waals surface area contributed by atoms with Crippen molar-refractivity contribution in [3.8, 4) is 5.75 Å². The number of nitrogens with zero attached hydrogens (tertiary/aromatic N) is 1. The number of ether oxygens (including phenoxy) is 1. The topological polar surface area (TPSA) is 92.6 Å². The molecule has 0 atom stereocenters. The Morgan fingerprint density at radius 2 is 1.89 bits per heavy atom. The molecular weight excluding hydrogens is 360 g/mol. The Morgan fingerprint density at radius 1 is 1.14 bits per heavy atom. The van der Waals surface area contributed by atoms with E-state index < -0.39 is 5.76 Å². The van der Waals surface area contributed by atoms with E-state index in [4.69, 9.17) is 9.15 Å². The third kappa shape index (κ3) is 3.31. The molecular formula is C21H20N2O5. The number of benzene rings is 2. The van der Waals surface area contributed by atoms with Gasteiger partial charge in [-0.15, -0.1) is 0 Å². The molecule has 0 spiro atoms. The van der Waals surface area contributed by atoms with E-state index >= 15 is 0 Å². The van der Waals surface area contributed by atoms with Gasteiger partial charge in [-0.3, -0.25) is 14.6 Å². The van der Waals surface area contributed by atoms with Crippen molar-refractivity contribution in [1.29, 1.82) is 0 Å². The van der Waals surface area contributed by atoms with Crippen LogP contribution in [0.2, 0.25) is 0 Å². The quantitative estimate of drug-likeness (QED) is 0.703. The van der Waals surface area contributed by atoms with E-state index in [0.717, 1.165) is 0 Å². The molecule has 1 aromatic heterocycles. The van der Waals surface area contributed by atoms with Crippen LogP contribution >= 0.6 is 0 Å². The van der Waals surface area contributed by atoms with Gasteiger partial charge in [0.2, 0.25) is 0 Å². The summed E-state index contributed by atoms with van der Waals surface area (Å²) in [6.45, 7) is 1.02. The number of methoxy groups -OCH3 is 1. The van der Waals surface area contributed by atoms with Crippen LogP contribution in [0.3, 0.4) is 0 Å². The number of oxazole rings is 1. The lowest BCUT2D eigenvalue weighted by Crippen LogP contribution is -2.40. The number of nitrogens with one attached hydrogen (secondary N) is 1. The molecule has 0 saturated carbocycles. The summed E-state index contributed by atoms with van der Waals surface area (Å²) in [5.74, 6) is -0.228. The number of likely N-dealkylation sites (tertiary alicyclic amines) is 1. The highest BCUT2D eigenvalue weighted by Crippen LogP contribution is 2.26. The standard InChI is InChI=1S/C21H20N2O5/c1-27-17-5-3-2-4-15(17)20(25)23-10-8-13(9-11-23)19(24)14-6-7-16-18(12-14)28-21(26)22-16/h2-7,12-13H,8-11H2,1H3,(H,22,26). The third-order valence-corrected chi connectivity index (χ3v) is 5.20. The average molecular weight is 380 g/mol. The van der Waals surface area contributed by atoms with E-state index in [0.29, 0.717) is 53.9 Å². The largest absolute Gasteiger partial charge is 0.496 e. The summed E-state index contributed by atoms with van der Waals surface area (Å²) >= 11 is 0. The fourth-order valence-electron chi connectivity index (χ4n) is 3.67. The van der Waals surface area contributed by atoms with E-state index in [1.165, 1.54) is 0 Å². The number of aromatic nitrogens is 1. The lowest BCUT2D eigenvalue weighted by Gasteiger charge is -2.31. The van der Waals surface area contributed by atoms with Crippen LogP contribution in [0.5, 0.6) is 5.75 Å². The summed E-state index contributed by atoms with van der Waals surface area (Å²) < 4.78 is 10.3. The van der Waals surface area contributed by atoms with Gasteiger partial charge >= 0.3 is 5.76 Å². The second kappa shape index (κ2) is 7.34. The number of aromatic amines is 1. The summed E-state index contributed by atoms with van der Waals surface area (Å²) in [6, 6.07) is 12.1. The maximum atomic E-state index is 12.8. The van der Waals surface area contributed by atoms with Crippen LogP contribution in [0.4, 0.5) is 0 Å². The molecule has 2 heterocycles.